The number of halogens is 3. The van der Waals surface area contributed by atoms with E-state index in [1.54, 1.807) is 42.0 Å². The summed E-state index contributed by atoms with van der Waals surface area (Å²) in [6.45, 7) is 0. The van der Waals surface area contributed by atoms with Gasteiger partial charge in [0.2, 0.25) is 0 Å². The van der Waals surface area contributed by atoms with Gasteiger partial charge < -0.3 is 9.30 Å². The van der Waals surface area contributed by atoms with E-state index < -0.39 is 11.7 Å². The molecule has 0 aliphatic carbocycles. The predicted molar refractivity (Wildman–Crippen MR) is 100 cm³/mol. The van der Waals surface area contributed by atoms with E-state index >= 15 is 0 Å². The number of alkyl halides is 3. The molecular formula is C20H14F3N5O. The Bertz CT molecular complexity index is 1190. The minimum Gasteiger partial charge on any atom is -0.307 e. The van der Waals surface area contributed by atoms with Gasteiger partial charge >= 0.3 is 6.18 Å². The Morgan fingerprint density at radius 1 is 1.14 bits per heavy atom. The SMILES string of the molecule is CN(C(=O)c1cnccn1)c1cccn2cc(-c3cccc(C(F)(F)F)c3)nc12. The highest BCUT2D eigenvalue weighted by atomic mass is 19.4. The first-order chi connectivity index (χ1) is 13.8. The molecular weight excluding hydrogens is 383 g/mol. The van der Waals surface area contributed by atoms with Gasteiger partial charge in [-0.05, 0) is 24.3 Å². The van der Waals surface area contributed by atoms with E-state index in [4.69, 9.17) is 0 Å². The van der Waals surface area contributed by atoms with Crippen LogP contribution >= 0.6 is 0 Å². The van der Waals surface area contributed by atoms with E-state index in [0.717, 1.165) is 12.1 Å². The van der Waals surface area contributed by atoms with Crippen LogP contribution in [0, 0.1) is 0 Å². The van der Waals surface area contributed by atoms with Gasteiger partial charge in [-0.2, -0.15) is 13.2 Å². The molecule has 0 saturated heterocycles. The second-order valence-corrected chi connectivity index (χ2v) is 6.28. The normalized spacial score (nSPS) is 11.6. The summed E-state index contributed by atoms with van der Waals surface area (Å²) in [6.07, 6.45) is 3.14. The number of fused-ring (bicyclic) bond motifs is 1. The lowest BCUT2D eigenvalue weighted by Gasteiger charge is -2.17. The highest BCUT2D eigenvalue weighted by Crippen LogP contribution is 2.32. The van der Waals surface area contributed by atoms with Gasteiger partial charge in [-0.15, -0.1) is 0 Å². The number of benzene rings is 1. The van der Waals surface area contributed by atoms with Crippen LogP contribution in [0.15, 0.2) is 67.4 Å². The molecule has 1 aromatic carbocycles. The van der Waals surface area contributed by atoms with Crippen LogP contribution in [0.5, 0.6) is 0 Å². The van der Waals surface area contributed by atoms with Crippen LogP contribution in [0.2, 0.25) is 0 Å². The minimum atomic E-state index is -4.44. The van der Waals surface area contributed by atoms with Crippen molar-refractivity contribution in [3.8, 4) is 11.3 Å². The fraction of sp³-hybridized carbons (Fsp3) is 0.100. The predicted octanol–water partition coefficient (Wildman–Crippen LogP) is 4.09. The molecule has 0 bridgehead atoms. The molecule has 0 N–H and O–H groups in total. The van der Waals surface area contributed by atoms with Gasteiger partial charge in [-0.25, -0.2) is 9.97 Å². The summed E-state index contributed by atoms with van der Waals surface area (Å²) < 4.78 is 40.7. The molecule has 0 aliphatic heterocycles. The van der Waals surface area contributed by atoms with E-state index in [1.165, 1.54) is 29.6 Å². The molecule has 0 radical (unpaired) electrons. The maximum Gasteiger partial charge on any atom is 0.416 e. The van der Waals surface area contributed by atoms with Gasteiger partial charge in [0.15, 0.2) is 5.65 Å². The third-order valence-corrected chi connectivity index (χ3v) is 4.40. The van der Waals surface area contributed by atoms with Gasteiger partial charge in [-0.3, -0.25) is 9.78 Å². The van der Waals surface area contributed by atoms with E-state index in [-0.39, 0.29) is 11.6 Å². The van der Waals surface area contributed by atoms with Gasteiger partial charge in [-0.1, -0.05) is 12.1 Å². The molecule has 4 rings (SSSR count). The number of imidazole rings is 1. The van der Waals surface area contributed by atoms with Crippen molar-refractivity contribution in [1.82, 2.24) is 19.4 Å². The fourth-order valence-corrected chi connectivity index (χ4v) is 2.94. The monoisotopic (exact) mass is 397 g/mol. The highest BCUT2D eigenvalue weighted by Gasteiger charge is 2.30. The van der Waals surface area contributed by atoms with E-state index in [9.17, 15) is 18.0 Å². The van der Waals surface area contributed by atoms with Crippen molar-refractivity contribution in [2.75, 3.05) is 11.9 Å². The molecule has 0 spiro atoms. The van der Waals surface area contributed by atoms with Crippen molar-refractivity contribution < 1.29 is 18.0 Å². The zero-order chi connectivity index (χ0) is 20.6. The number of rotatable bonds is 3. The number of amides is 1. The summed E-state index contributed by atoms with van der Waals surface area (Å²) in [5.41, 5.74) is 1.03. The molecule has 1 amide bonds. The number of aromatic nitrogens is 4. The summed E-state index contributed by atoms with van der Waals surface area (Å²) in [5, 5.41) is 0. The molecule has 0 fully saturated rings. The standard InChI is InChI=1S/C20H14F3N5O/c1-27(19(29)15-11-24-7-8-25-15)17-6-3-9-28-12-16(26-18(17)28)13-4-2-5-14(10-13)20(21,22)23/h2-12H,1H3. The lowest BCUT2D eigenvalue weighted by atomic mass is 10.1. The van der Waals surface area contributed by atoms with Crippen molar-refractivity contribution >= 4 is 17.2 Å². The molecule has 9 heteroatoms. The molecule has 0 aliphatic rings. The van der Waals surface area contributed by atoms with E-state index in [0.29, 0.717) is 22.6 Å². The largest absolute Gasteiger partial charge is 0.416 e. The van der Waals surface area contributed by atoms with Gasteiger partial charge in [0.25, 0.3) is 5.91 Å². The van der Waals surface area contributed by atoms with E-state index in [1.807, 2.05) is 0 Å². The second-order valence-electron chi connectivity index (χ2n) is 6.28. The maximum absolute atomic E-state index is 13.0. The number of anilines is 1. The molecule has 0 saturated carbocycles. The average Bonchev–Trinajstić information content (AvgIpc) is 3.17. The summed E-state index contributed by atoms with van der Waals surface area (Å²) in [7, 11) is 1.57. The Balaban J connectivity index is 1.76. The Labute approximate surface area is 163 Å². The Morgan fingerprint density at radius 3 is 2.69 bits per heavy atom. The van der Waals surface area contributed by atoms with Crippen molar-refractivity contribution in [2.24, 2.45) is 0 Å². The number of carbonyl (C=O) groups excluding carboxylic acids is 1. The molecule has 0 atom stereocenters. The lowest BCUT2D eigenvalue weighted by molar-refractivity contribution is -0.137. The maximum atomic E-state index is 13.0. The average molecular weight is 397 g/mol. The molecule has 4 aromatic rings. The van der Waals surface area contributed by atoms with Crippen LogP contribution in [0.1, 0.15) is 16.1 Å². The summed E-state index contributed by atoms with van der Waals surface area (Å²) in [5.74, 6) is -0.380. The lowest BCUT2D eigenvalue weighted by Crippen LogP contribution is -2.27. The van der Waals surface area contributed by atoms with Crippen LogP contribution in [0.25, 0.3) is 16.9 Å². The van der Waals surface area contributed by atoms with Crippen LogP contribution in [-0.2, 0) is 6.18 Å². The summed E-state index contributed by atoms with van der Waals surface area (Å²) >= 11 is 0. The zero-order valence-corrected chi connectivity index (χ0v) is 15.1. The van der Waals surface area contributed by atoms with E-state index in [2.05, 4.69) is 15.0 Å². The van der Waals surface area contributed by atoms with Crippen molar-refractivity contribution in [3.05, 3.63) is 78.6 Å². The molecule has 6 nitrogen and oxygen atoms in total. The number of hydrogen-bond donors (Lipinski definition) is 0. The third kappa shape index (κ3) is 3.54. The number of carbonyl (C=O) groups is 1. The number of hydrogen-bond acceptors (Lipinski definition) is 4. The zero-order valence-electron chi connectivity index (χ0n) is 15.1. The Kier molecular flexibility index (Phi) is 4.50. The van der Waals surface area contributed by atoms with Crippen LogP contribution in [0.4, 0.5) is 18.9 Å². The van der Waals surface area contributed by atoms with Crippen molar-refractivity contribution in [2.45, 2.75) is 6.18 Å². The molecule has 0 unspecified atom stereocenters. The minimum absolute atomic E-state index is 0.168. The van der Waals surface area contributed by atoms with Gasteiger partial charge in [0.1, 0.15) is 5.69 Å². The topological polar surface area (TPSA) is 63.4 Å². The third-order valence-electron chi connectivity index (χ3n) is 4.40. The van der Waals surface area contributed by atoms with Gasteiger partial charge in [0, 0.05) is 37.4 Å². The smallest absolute Gasteiger partial charge is 0.307 e. The Hall–Kier alpha value is -3.75. The Morgan fingerprint density at radius 2 is 1.97 bits per heavy atom. The van der Waals surface area contributed by atoms with Crippen LogP contribution in [0.3, 0.4) is 0 Å². The first kappa shape index (κ1) is 18.6. The molecule has 3 heterocycles. The fourth-order valence-electron chi connectivity index (χ4n) is 2.94. The first-order valence-corrected chi connectivity index (χ1v) is 8.54. The number of nitrogens with zero attached hydrogens (tertiary/aromatic N) is 5. The first-order valence-electron chi connectivity index (χ1n) is 8.54. The quantitative estimate of drug-likeness (QED) is 0.523. The van der Waals surface area contributed by atoms with Crippen LogP contribution in [-0.4, -0.2) is 32.3 Å². The molecule has 3 aromatic heterocycles. The van der Waals surface area contributed by atoms with Gasteiger partial charge in [0.05, 0.1) is 23.1 Å². The van der Waals surface area contributed by atoms with Crippen molar-refractivity contribution in [3.63, 3.8) is 0 Å². The second kappa shape index (κ2) is 7.01. The summed E-state index contributed by atoms with van der Waals surface area (Å²) in [4.78, 5) is 26.4. The van der Waals surface area contributed by atoms with Crippen LogP contribution < -0.4 is 4.90 Å². The van der Waals surface area contributed by atoms with Crippen molar-refractivity contribution in [1.29, 1.82) is 0 Å². The summed E-state index contributed by atoms with van der Waals surface area (Å²) in [6, 6.07) is 8.39. The molecule has 29 heavy (non-hydrogen) atoms. The number of pyridine rings is 1. The molecule has 146 valence electrons. The highest BCUT2D eigenvalue weighted by molar-refractivity contribution is 6.06.